The lowest BCUT2D eigenvalue weighted by Gasteiger charge is -2.30. The number of halogens is 1. The van der Waals surface area contributed by atoms with Crippen molar-refractivity contribution < 1.29 is 0 Å². The van der Waals surface area contributed by atoms with Crippen LogP contribution in [0.2, 0.25) is 0 Å². The fraction of sp³-hybridized carbons (Fsp3) is 0.667. The van der Waals surface area contributed by atoms with Gasteiger partial charge < -0.3 is 9.80 Å². The molecule has 1 aliphatic rings. The van der Waals surface area contributed by atoms with Gasteiger partial charge in [0.25, 0.3) is 0 Å². The number of hydrogen-bond acceptors (Lipinski definition) is 4. The molecule has 0 fully saturated rings. The van der Waals surface area contributed by atoms with Crippen LogP contribution in [0, 0.1) is 0 Å². The third-order valence-electron chi connectivity index (χ3n) is 2.63. The molecule has 0 saturated carbocycles. The Morgan fingerprint density at radius 1 is 1.53 bits per heavy atom. The zero-order valence-electron chi connectivity index (χ0n) is 11.4. The van der Waals surface area contributed by atoms with Gasteiger partial charge in [-0.25, -0.2) is 4.99 Å². The van der Waals surface area contributed by atoms with E-state index in [-0.39, 0.29) is 6.04 Å². The number of allylic oxidation sites excluding steroid dienone is 1. The van der Waals surface area contributed by atoms with Crippen molar-refractivity contribution in [2.45, 2.75) is 32.9 Å². The van der Waals surface area contributed by atoms with Crippen LogP contribution in [-0.4, -0.2) is 54.2 Å². The molecule has 4 nitrogen and oxygen atoms in total. The molecule has 0 aromatic heterocycles. The van der Waals surface area contributed by atoms with Crippen LogP contribution in [0.3, 0.4) is 0 Å². The second-order valence-corrected chi connectivity index (χ2v) is 4.97. The molecule has 0 aliphatic carbocycles. The molecular formula is C12H21ClN4. The molecule has 0 amide bonds. The Labute approximate surface area is 109 Å². The minimum Gasteiger partial charge on any atom is -0.349 e. The number of aliphatic imine (C=N–C) groups is 2. The Bertz CT molecular complexity index is 369. The average Bonchev–Trinajstić information content (AvgIpc) is 2.56. The zero-order chi connectivity index (χ0) is 13.2. The predicted molar refractivity (Wildman–Crippen MR) is 74.9 cm³/mol. The van der Waals surface area contributed by atoms with Crippen molar-refractivity contribution in [2.24, 2.45) is 9.98 Å². The molecule has 17 heavy (non-hydrogen) atoms. The maximum Gasteiger partial charge on any atom is 0.201 e. The van der Waals surface area contributed by atoms with Gasteiger partial charge >= 0.3 is 0 Å². The first-order valence-corrected chi connectivity index (χ1v) is 6.14. The van der Waals surface area contributed by atoms with Crippen molar-refractivity contribution in [3.05, 3.63) is 11.8 Å². The predicted octanol–water partition coefficient (Wildman–Crippen LogP) is 2.17. The highest BCUT2D eigenvalue weighted by Gasteiger charge is 2.31. The minimum atomic E-state index is 0.116. The van der Waals surface area contributed by atoms with Crippen molar-refractivity contribution >= 4 is 22.7 Å². The van der Waals surface area contributed by atoms with Crippen LogP contribution in [0.4, 0.5) is 0 Å². The van der Waals surface area contributed by atoms with E-state index in [0.717, 1.165) is 11.7 Å². The van der Waals surface area contributed by atoms with Crippen LogP contribution in [0.1, 0.15) is 20.8 Å². The molecule has 0 aromatic carbocycles. The third kappa shape index (κ3) is 3.00. The molecule has 0 radical (unpaired) electrons. The lowest BCUT2D eigenvalue weighted by atomic mass is 10.2. The fourth-order valence-corrected chi connectivity index (χ4v) is 1.97. The van der Waals surface area contributed by atoms with Crippen molar-refractivity contribution in [3.63, 3.8) is 0 Å². The van der Waals surface area contributed by atoms with Crippen molar-refractivity contribution in [3.8, 4) is 0 Å². The number of rotatable bonds is 2. The van der Waals surface area contributed by atoms with Crippen LogP contribution >= 0.6 is 11.6 Å². The van der Waals surface area contributed by atoms with Gasteiger partial charge in [0.15, 0.2) is 0 Å². The Balaban J connectivity index is 3.13. The molecule has 96 valence electrons. The molecule has 0 aromatic rings. The van der Waals surface area contributed by atoms with Gasteiger partial charge in [0.1, 0.15) is 5.17 Å². The van der Waals surface area contributed by atoms with Gasteiger partial charge in [-0.3, -0.25) is 4.99 Å². The van der Waals surface area contributed by atoms with Crippen LogP contribution in [0.25, 0.3) is 0 Å². The summed E-state index contributed by atoms with van der Waals surface area (Å²) in [6.07, 6.45) is 1.90. The smallest absolute Gasteiger partial charge is 0.201 e. The first-order valence-electron chi connectivity index (χ1n) is 5.76. The van der Waals surface area contributed by atoms with Crippen LogP contribution in [-0.2, 0) is 0 Å². The van der Waals surface area contributed by atoms with Gasteiger partial charge in [0.05, 0.1) is 6.04 Å². The second kappa shape index (κ2) is 5.54. The summed E-state index contributed by atoms with van der Waals surface area (Å²) in [6, 6.07) is 0.457. The highest BCUT2D eigenvalue weighted by atomic mass is 35.5. The molecule has 1 heterocycles. The standard InChI is InChI=1S/C12H21ClN4/c1-8(2)17-10(7-11(13)14-4)9(3)15-12(17)16(5)6/h7-9H,1-6H3/b10-7+,14-11+. The van der Waals surface area contributed by atoms with Crippen molar-refractivity contribution in [1.29, 1.82) is 0 Å². The van der Waals surface area contributed by atoms with E-state index in [4.69, 9.17) is 11.6 Å². The summed E-state index contributed by atoms with van der Waals surface area (Å²) in [5, 5.41) is 0.507. The topological polar surface area (TPSA) is 31.2 Å². The molecule has 1 rings (SSSR count). The Morgan fingerprint density at radius 3 is 2.53 bits per heavy atom. The van der Waals surface area contributed by atoms with Gasteiger partial charge in [-0.05, 0) is 26.8 Å². The molecular weight excluding hydrogens is 236 g/mol. The molecule has 0 N–H and O–H groups in total. The van der Waals surface area contributed by atoms with E-state index in [2.05, 4.69) is 35.7 Å². The summed E-state index contributed by atoms with van der Waals surface area (Å²) in [5.41, 5.74) is 1.10. The number of hydrogen-bond donors (Lipinski definition) is 0. The lowest BCUT2D eigenvalue weighted by Crippen LogP contribution is -2.41. The second-order valence-electron chi connectivity index (χ2n) is 4.58. The first kappa shape index (κ1) is 14.0. The highest BCUT2D eigenvalue weighted by molar-refractivity contribution is 6.68. The Hall–Kier alpha value is -1.03. The highest BCUT2D eigenvalue weighted by Crippen LogP contribution is 2.25. The van der Waals surface area contributed by atoms with E-state index >= 15 is 0 Å². The van der Waals surface area contributed by atoms with Crippen LogP contribution < -0.4 is 0 Å². The maximum atomic E-state index is 5.99. The fourth-order valence-electron chi connectivity index (χ4n) is 1.86. The lowest BCUT2D eigenvalue weighted by molar-refractivity contribution is 0.383. The van der Waals surface area contributed by atoms with Gasteiger partial charge in [0.2, 0.25) is 5.96 Å². The summed E-state index contributed by atoms with van der Waals surface area (Å²) in [7, 11) is 5.69. The van der Waals surface area contributed by atoms with Crippen molar-refractivity contribution in [2.75, 3.05) is 21.1 Å². The van der Waals surface area contributed by atoms with Gasteiger partial charge in [-0.1, -0.05) is 11.6 Å². The van der Waals surface area contributed by atoms with Crippen LogP contribution in [0.5, 0.6) is 0 Å². The van der Waals surface area contributed by atoms with Gasteiger partial charge in [-0.15, -0.1) is 0 Å². The summed E-state index contributed by atoms with van der Waals surface area (Å²) in [4.78, 5) is 12.8. The SMILES string of the molecule is C/N=C(Cl)\C=C1/C(C)N=C(N(C)C)N1C(C)C. The van der Waals surface area contributed by atoms with E-state index in [1.54, 1.807) is 7.05 Å². The molecule has 1 unspecified atom stereocenters. The zero-order valence-corrected chi connectivity index (χ0v) is 12.2. The molecule has 0 saturated heterocycles. The van der Waals surface area contributed by atoms with E-state index in [0.29, 0.717) is 11.2 Å². The van der Waals surface area contributed by atoms with E-state index in [9.17, 15) is 0 Å². The molecule has 0 spiro atoms. The quantitative estimate of drug-likeness (QED) is 0.709. The van der Waals surface area contributed by atoms with Gasteiger partial charge in [-0.2, -0.15) is 0 Å². The average molecular weight is 257 g/mol. The minimum absolute atomic E-state index is 0.116. The first-order chi connectivity index (χ1) is 7.88. The van der Waals surface area contributed by atoms with E-state index in [1.807, 2.05) is 25.1 Å². The molecule has 1 aliphatic heterocycles. The summed E-state index contributed by atoms with van der Waals surface area (Å²) < 4.78 is 0. The van der Waals surface area contributed by atoms with E-state index in [1.165, 1.54) is 0 Å². The number of nitrogens with zero attached hydrogens (tertiary/aromatic N) is 4. The molecule has 0 bridgehead atoms. The summed E-state index contributed by atoms with van der Waals surface area (Å²) >= 11 is 5.99. The number of guanidine groups is 1. The Morgan fingerprint density at radius 2 is 2.12 bits per heavy atom. The van der Waals surface area contributed by atoms with Crippen LogP contribution in [0.15, 0.2) is 21.8 Å². The van der Waals surface area contributed by atoms with Gasteiger partial charge in [0, 0.05) is 32.9 Å². The largest absolute Gasteiger partial charge is 0.349 e. The normalized spacial score (nSPS) is 23.6. The Kier molecular flexibility index (Phi) is 4.57. The molecule has 1 atom stereocenters. The third-order valence-corrected chi connectivity index (χ3v) is 2.91. The summed E-state index contributed by atoms with van der Waals surface area (Å²) in [5.74, 6) is 0.972. The molecule has 5 heteroatoms. The monoisotopic (exact) mass is 256 g/mol. The van der Waals surface area contributed by atoms with E-state index < -0.39 is 0 Å². The maximum absolute atomic E-state index is 5.99. The summed E-state index contributed by atoms with van der Waals surface area (Å²) in [6.45, 7) is 6.35. The van der Waals surface area contributed by atoms with Crippen molar-refractivity contribution in [1.82, 2.24) is 9.80 Å².